The van der Waals surface area contributed by atoms with E-state index in [9.17, 15) is 28.7 Å². The Labute approximate surface area is 349 Å². The maximum absolute atomic E-state index is 12.7. The monoisotopic (exact) mass is 871 g/mol. The number of aliphatic hydroxyl groups excluding tert-OH is 1. The minimum Gasteiger partial charge on any atom is -0.462 e. The van der Waals surface area contributed by atoms with E-state index in [2.05, 4.69) is 37.4 Å². The molecule has 1 rings (SSSR count). The number of ether oxygens (including phenoxy) is 3. The molecule has 16 heteroatoms. The maximum Gasteiger partial charge on any atom is 0.472 e. The molecule has 0 bridgehead atoms. The molecule has 4 N–H and O–H groups in total. The fourth-order valence-corrected chi connectivity index (χ4v) is 7.64. The molecule has 0 radical (unpaired) electrons. The second kappa shape index (κ2) is 34.4. The molecule has 0 amide bonds. The van der Waals surface area contributed by atoms with Crippen LogP contribution < -0.4 is 0 Å². The summed E-state index contributed by atoms with van der Waals surface area (Å²) >= 11 is 0. The minimum atomic E-state index is -4.86. The summed E-state index contributed by atoms with van der Waals surface area (Å²) in [6, 6.07) is 0. The molecule has 58 heavy (non-hydrogen) atoms. The maximum atomic E-state index is 12.7. The summed E-state index contributed by atoms with van der Waals surface area (Å²) < 4.78 is 53.6. The van der Waals surface area contributed by atoms with E-state index >= 15 is 0 Å². The van der Waals surface area contributed by atoms with Crippen LogP contribution in [-0.4, -0.2) is 82.6 Å². The third-order valence-electron chi connectivity index (χ3n) is 10.00. The third-order valence-corrected chi connectivity index (χ3v) is 11.4. The van der Waals surface area contributed by atoms with Crippen LogP contribution in [0.2, 0.25) is 0 Å². The van der Waals surface area contributed by atoms with Crippen molar-refractivity contribution in [3.8, 4) is 0 Å². The Kier molecular flexibility index (Phi) is 32.5. The van der Waals surface area contributed by atoms with Crippen molar-refractivity contribution in [3.05, 3.63) is 12.2 Å². The molecular weight excluding hydrogens is 790 g/mol. The van der Waals surface area contributed by atoms with Crippen molar-refractivity contribution in [1.82, 2.24) is 0 Å². The normalized spacial score (nSPS) is 17.7. The van der Waals surface area contributed by atoms with E-state index in [1.54, 1.807) is 0 Å². The molecule has 0 aliphatic carbocycles. The van der Waals surface area contributed by atoms with Crippen molar-refractivity contribution >= 4 is 27.6 Å². The van der Waals surface area contributed by atoms with E-state index in [1.165, 1.54) is 77.0 Å². The topological polar surface area (TPSA) is 208 Å². The molecule has 1 fully saturated rings. The first-order chi connectivity index (χ1) is 27.7. The van der Waals surface area contributed by atoms with Gasteiger partial charge in [0.15, 0.2) is 6.10 Å². The molecule has 0 aromatic rings. The van der Waals surface area contributed by atoms with E-state index in [1.807, 2.05) is 0 Å². The van der Waals surface area contributed by atoms with Gasteiger partial charge in [0.1, 0.15) is 12.7 Å². The zero-order valence-electron chi connectivity index (χ0n) is 36.0. The first kappa shape index (κ1) is 54.8. The van der Waals surface area contributed by atoms with Crippen LogP contribution in [0.5, 0.6) is 0 Å². The number of carbonyl (C=O) groups is 2. The fourth-order valence-electron chi connectivity index (χ4n) is 6.48. The summed E-state index contributed by atoms with van der Waals surface area (Å²) in [6.07, 6.45) is 29.4. The predicted octanol–water partition coefficient (Wildman–Crippen LogP) is 10.2. The molecule has 0 saturated carbocycles. The van der Waals surface area contributed by atoms with E-state index in [0.717, 1.165) is 70.1 Å². The molecule has 1 aliphatic heterocycles. The highest BCUT2D eigenvalue weighted by atomic mass is 31.2. The molecule has 1 aliphatic rings. The summed E-state index contributed by atoms with van der Waals surface area (Å²) in [6.45, 7) is 4.04. The van der Waals surface area contributed by atoms with Crippen molar-refractivity contribution < 1.29 is 66.3 Å². The number of allylic oxidation sites excluding steroid dienone is 1. The first-order valence-corrected chi connectivity index (χ1v) is 25.4. The highest BCUT2D eigenvalue weighted by Gasteiger charge is 2.36. The summed E-state index contributed by atoms with van der Waals surface area (Å²) in [5.41, 5.74) is 0. The summed E-state index contributed by atoms with van der Waals surface area (Å²) in [4.78, 5) is 52.8. The van der Waals surface area contributed by atoms with Gasteiger partial charge < -0.3 is 34.0 Å². The zero-order valence-corrected chi connectivity index (χ0v) is 37.8. The number of carbonyl (C=O) groups excluding carboxylic acids is 2. The molecule has 3 unspecified atom stereocenters. The average Bonchev–Trinajstić information content (AvgIpc) is 3.92. The van der Waals surface area contributed by atoms with Crippen LogP contribution in [0.25, 0.3) is 0 Å². The van der Waals surface area contributed by atoms with Gasteiger partial charge in [-0.3, -0.25) is 23.2 Å². The van der Waals surface area contributed by atoms with Crippen molar-refractivity contribution in [3.63, 3.8) is 0 Å². The number of rotatable bonds is 41. The quantitative estimate of drug-likeness (QED) is 0.0148. The van der Waals surface area contributed by atoms with E-state index in [0.29, 0.717) is 25.0 Å². The molecular formula is C42H80O14P2. The van der Waals surface area contributed by atoms with Crippen LogP contribution in [-0.2, 0) is 46.5 Å². The summed E-state index contributed by atoms with van der Waals surface area (Å²) in [5, 5.41) is 9.75. The molecule has 342 valence electrons. The van der Waals surface area contributed by atoms with Crippen LogP contribution in [0.1, 0.15) is 188 Å². The Hall–Kier alpha value is -1.18. The van der Waals surface area contributed by atoms with Gasteiger partial charge in [-0.15, -0.1) is 0 Å². The number of aliphatic hydroxyl groups is 1. The van der Waals surface area contributed by atoms with Crippen LogP contribution in [0.15, 0.2) is 12.2 Å². The number of phosphoric ester groups is 2. The van der Waals surface area contributed by atoms with Gasteiger partial charge in [-0.1, -0.05) is 148 Å². The standard InChI is InChI=1S/C42H80O14P2/c1-4-5-6-7-18-23-28-39-40(56-39)29-24-19-16-21-25-30-41(44)51-34-38(35-54-58(49,50)53-33-37(43)32-52-57(46,47)48)55-42(45)31-26-20-15-13-11-9-8-10-12-14-17-22-27-36(2)3/h18,23,36-40,43H,4-17,19-22,24-35H2,1-3H3,(H,49,50)(H2,46,47,48)/b23-18-/t37-,38+,39?,40?/m0/s1. The van der Waals surface area contributed by atoms with Gasteiger partial charge in [0, 0.05) is 12.8 Å². The lowest BCUT2D eigenvalue weighted by atomic mass is 10.0. The zero-order chi connectivity index (χ0) is 42.9. The van der Waals surface area contributed by atoms with Gasteiger partial charge in [-0.2, -0.15) is 0 Å². The predicted molar refractivity (Wildman–Crippen MR) is 225 cm³/mol. The second-order valence-corrected chi connectivity index (χ2v) is 18.9. The van der Waals surface area contributed by atoms with E-state index in [-0.39, 0.29) is 12.8 Å². The number of phosphoric acid groups is 2. The Bertz CT molecular complexity index is 1160. The fraction of sp³-hybridized carbons (Fsp3) is 0.905. The Morgan fingerprint density at radius 3 is 1.76 bits per heavy atom. The van der Waals surface area contributed by atoms with E-state index < -0.39 is 66.2 Å². The summed E-state index contributed by atoms with van der Waals surface area (Å²) in [5.74, 6) is -0.257. The van der Waals surface area contributed by atoms with Crippen molar-refractivity contribution in [1.29, 1.82) is 0 Å². The molecule has 0 spiro atoms. The van der Waals surface area contributed by atoms with Gasteiger partial charge in [-0.25, -0.2) is 9.13 Å². The smallest absolute Gasteiger partial charge is 0.462 e. The minimum absolute atomic E-state index is 0.129. The molecule has 1 heterocycles. The van der Waals surface area contributed by atoms with Gasteiger partial charge in [-0.05, 0) is 44.4 Å². The van der Waals surface area contributed by atoms with E-state index in [4.69, 9.17) is 33.0 Å². The summed E-state index contributed by atoms with van der Waals surface area (Å²) in [7, 11) is -9.67. The lowest BCUT2D eigenvalue weighted by Crippen LogP contribution is -2.30. The highest BCUT2D eigenvalue weighted by Crippen LogP contribution is 2.44. The van der Waals surface area contributed by atoms with Crippen LogP contribution in [0.3, 0.4) is 0 Å². The molecule has 14 nitrogen and oxygen atoms in total. The molecule has 0 aromatic heterocycles. The van der Waals surface area contributed by atoms with Gasteiger partial charge in [0.2, 0.25) is 0 Å². The van der Waals surface area contributed by atoms with Crippen LogP contribution >= 0.6 is 15.6 Å². The van der Waals surface area contributed by atoms with Gasteiger partial charge >= 0.3 is 27.6 Å². The first-order valence-electron chi connectivity index (χ1n) is 22.4. The Balaban J connectivity index is 2.35. The van der Waals surface area contributed by atoms with Crippen molar-refractivity contribution in [2.75, 3.05) is 26.4 Å². The average molecular weight is 871 g/mol. The lowest BCUT2D eigenvalue weighted by Gasteiger charge is -2.20. The molecule has 5 atom stereocenters. The number of hydrogen-bond acceptors (Lipinski definition) is 11. The lowest BCUT2D eigenvalue weighted by molar-refractivity contribution is -0.161. The Morgan fingerprint density at radius 1 is 0.638 bits per heavy atom. The molecule has 0 aromatic carbocycles. The van der Waals surface area contributed by atoms with Crippen LogP contribution in [0.4, 0.5) is 0 Å². The highest BCUT2D eigenvalue weighted by molar-refractivity contribution is 7.47. The number of epoxide rings is 1. The van der Waals surface area contributed by atoms with Crippen LogP contribution in [0, 0.1) is 5.92 Å². The van der Waals surface area contributed by atoms with Crippen molar-refractivity contribution in [2.45, 2.75) is 212 Å². The third kappa shape index (κ3) is 35.6. The Morgan fingerprint density at radius 2 is 1.17 bits per heavy atom. The number of unbranched alkanes of at least 4 members (excludes halogenated alkanes) is 18. The number of esters is 2. The molecule has 1 saturated heterocycles. The van der Waals surface area contributed by atoms with Gasteiger partial charge in [0.05, 0.1) is 32.0 Å². The second-order valence-electron chi connectivity index (χ2n) is 16.2. The number of hydrogen-bond donors (Lipinski definition) is 4. The SMILES string of the molecule is CCCCC/C=C\CC1OC1CCCCCCCC(=O)OC[C@H](COP(=O)(O)OC[C@@H](O)COP(=O)(O)O)OC(=O)CCCCCCCCCCCCCCC(C)C. The van der Waals surface area contributed by atoms with Crippen molar-refractivity contribution in [2.24, 2.45) is 5.92 Å². The van der Waals surface area contributed by atoms with Gasteiger partial charge in [0.25, 0.3) is 0 Å². The largest absolute Gasteiger partial charge is 0.472 e.